The van der Waals surface area contributed by atoms with Crippen molar-refractivity contribution >= 4 is 28.8 Å². The highest BCUT2D eigenvalue weighted by Gasteiger charge is 2.34. The molecule has 1 fully saturated rings. The lowest BCUT2D eigenvalue weighted by atomic mass is 9.98. The molecule has 0 spiro atoms. The summed E-state index contributed by atoms with van der Waals surface area (Å²) in [6, 6.07) is 9.99. The van der Waals surface area contributed by atoms with E-state index in [4.69, 9.17) is 0 Å². The molecule has 1 aliphatic heterocycles. The van der Waals surface area contributed by atoms with Gasteiger partial charge in [-0.2, -0.15) is 0 Å². The smallest absolute Gasteiger partial charge is 0.229 e. The molecule has 2 amide bonds. The van der Waals surface area contributed by atoms with E-state index in [1.165, 1.54) is 5.56 Å². The molecule has 0 unspecified atom stereocenters. The molecule has 4 rings (SSSR count). The average Bonchev–Trinajstić information content (AvgIpc) is 3.31. The van der Waals surface area contributed by atoms with E-state index >= 15 is 0 Å². The zero-order valence-electron chi connectivity index (χ0n) is 13.5. The van der Waals surface area contributed by atoms with Crippen LogP contribution in [-0.4, -0.2) is 23.3 Å². The molecule has 5 heteroatoms. The van der Waals surface area contributed by atoms with Crippen LogP contribution in [0.1, 0.15) is 28.8 Å². The second kappa shape index (κ2) is 6.40. The molecule has 1 aromatic carbocycles. The third-order valence-electron chi connectivity index (χ3n) is 4.66. The lowest BCUT2D eigenvalue weighted by Crippen LogP contribution is -2.36. The minimum Gasteiger partial charge on any atom is -0.338 e. The number of hydrogen-bond acceptors (Lipinski definition) is 3. The number of carbonyl (C=O) groups is 2. The molecule has 2 heterocycles. The van der Waals surface area contributed by atoms with Crippen molar-refractivity contribution in [3.8, 4) is 0 Å². The summed E-state index contributed by atoms with van der Waals surface area (Å²) in [6.07, 6.45) is 3.39. The summed E-state index contributed by atoms with van der Waals surface area (Å²) in [5.74, 6) is 0.562. The summed E-state index contributed by atoms with van der Waals surface area (Å²) in [7, 11) is 0. The predicted octanol–water partition coefficient (Wildman–Crippen LogP) is 3.22. The number of nitrogens with one attached hydrogen (secondary N) is 1. The van der Waals surface area contributed by atoms with Gasteiger partial charge in [-0.15, -0.1) is 11.3 Å². The number of fused-ring (bicyclic) bond motifs is 1. The van der Waals surface area contributed by atoms with E-state index in [0.29, 0.717) is 18.9 Å². The molecule has 24 heavy (non-hydrogen) atoms. The first-order valence-electron chi connectivity index (χ1n) is 8.42. The quantitative estimate of drug-likeness (QED) is 0.929. The van der Waals surface area contributed by atoms with Gasteiger partial charge in [-0.1, -0.05) is 12.1 Å². The topological polar surface area (TPSA) is 49.4 Å². The zero-order valence-corrected chi connectivity index (χ0v) is 14.3. The first-order chi connectivity index (χ1) is 11.7. The van der Waals surface area contributed by atoms with E-state index in [2.05, 4.69) is 11.4 Å². The number of nitrogens with zero attached hydrogens (tertiary/aromatic N) is 1. The Hall–Kier alpha value is -2.14. The van der Waals surface area contributed by atoms with Crippen LogP contribution in [0.2, 0.25) is 0 Å². The summed E-state index contributed by atoms with van der Waals surface area (Å²) < 4.78 is 0. The standard InChI is InChI=1S/C19H20N2O2S/c22-18(11-17-2-1-9-24-17)20-16-6-5-13-7-8-21(12-15(13)10-16)19(23)14-3-4-14/h1-2,5-6,9-10,14H,3-4,7-8,11-12H2,(H,20,22). The molecule has 0 atom stereocenters. The van der Waals surface area contributed by atoms with Crippen LogP contribution in [0.3, 0.4) is 0 Å². The van der Waals surface area contributed by atoms with Crippen LogP contribution in [0.25, 0.3) is 0 Å². The maximum Gasteiger partial charge on any atom is 0.229 e. The lowest BCUT2D eigenvalue weighted by Gasteiger charge is -2.29. The molecule has 1 N–H and O–H groups in total. The molecule has 1 aromatic heterocycles. The van der Waals surface area contributed by atoms with Gasteiger partial charge in [-0.05, 0) is 54.0 Å². The molecule has 0 bridgehead atoms. The molecule has 1 aliphatic carbocycles. The van der Waals surface area contributed by atoms with Crippen molar-refractivity contribution in [2.45, 2.75) is 32.2 Å². The van der Waals surface area contributed by atoms with Crippen LogP contribution >= 0.6 is 11.3 Å². The lowest BCUT2D eigenvalue weighted by molar-refractivity contribution is -0.133. The highest BCUT2D eigenvalue weighted by atomic mass is 32.1. The van der Waals surface area contributed by atoms with Gasteiger partial charge in [0.15, 0.2) is 0 Å². The Labute approximate surface area is 145 Å². The normalized spacial score (nSPS) is 16.6. The van der Waals surface area contributed by atoms with E-state index < -0.39 is 0 Å². The molecule has 2 aliphatic rings. The molecule has 1 saturated carbocycles. The van der Waals surface area contributed by atoms with E-state index in [9.17, 15) is 9.59 Å². The fraction of sp³-hybridized carbons (Fsp3) is 0.368. The number of benzene rings is 1. The predicted molar refractivity (Wildman–Crippen MR) is 94.9 cm³/mol. The summed E-state index contributed by atoms with van der Waals surface area (Å²) in [5, 5.41) is 4.95. The van der Waals surface area contributed by atoms with Crippen molar-refractivity contribution in [3.05, 3.63) is 51.7 Å². The molecular formula is C19H20N2O2S. The van der Waals surface area contributed by atoms with Crippen molar-refractivity contribution in [1.29, 1.82) is 0 Å². The van der Waals surface area contributed by atoms with Crippen LogP contribution < -0.4 is 5.32 Å². The van der Waals surface area contributed by atoms with Crippen molar-refractivity contribution in [2.24, 2.45) is 5.92 Å². The molecule has 2 aromatic rings. The molecule has 4 nitrogen and oxygen atoms in total. The number of rotatable bonds is 4. The second-order valence-electron chi connectivity index (χ2n) is 6.57. The zero-order chi connectivity index (χ0) is 16.5. The van der Waals surface area contributed by atoms with Gasteiger partial charge < -0.3 is 10.2 Å². The SMILES string of the molecule is O=C(Cc1cccs1)Nc1ccc2c(c1)CN(C(=O)C1CC1)CC2. The Morgan fingerprint density at radius 3 is 2.83 bits per heavy atom. The molecule has 0 saturated heterocycles. The largest absolute Gasteiger partial charge is 0.338 e. The molecule has 0 radical (unpaired) electrons. The van der Waals surface area contributed by atoms with Crippen molar-refractivity contribution in [3.63, 3.8) is 0 Å². The summed E-state index contributed by atoms with van der Waals surface area (Å²) >= 11 is 1.59. The van der Waals surface area contributed by atoms with E-state index in [1.807, 2.05) is 34.5 Å². The average molecular weight is 340 g/mol. The second-order valence-corrected chi connectivity index (χ2v) is 7.60. The Morgan fingerprint density at radius 2 is 2.08 bits per heavy atom. The Bertz CT molecular complexity index is 766. The molecular weight excluding hydrogens is 320 g/mol. The summed E-state index contributed by atoms with van der Waals surface area (Å²) in [4.78, 5) is 27.4. The first kappa shape index (κ1) is 15.4. The number of hydrogen-bond donors (Lipinski definition) is 1. The van der Waals surface area contributed by atoms with Gasteiger partial charge in [0.25, 0.3) is 0 Å². The van der Waals surface area contributed by atoms with Gasteiger partial charge in [0, 0.05) is 29.6 Å². The van der Waals surface area contributed by atoms with Crippen LogP contribution in [0.5, 0.6) is 0 Å². The van der Waals surface area contributed by atoms with Crippen LogP contribution in [0.15, 0.2) is 35.7 Å². The number of thiophene rings is 1. The number of carbonyl (C=O) groups excluding carboxylic acids is 2. The van der Waals surface area contributed by atoms with E-state index in [-0.39, 0.29) is 11.8 Å². The van der Waals surface area contributed by atoms with Crippen LogP contribution in [0, 0.1) is 5.92 Å². The summed E-state index contributed by atoms with van der Waals surface area (Å²) in [5.41, 5.74) is 3.26. The fourth-order valence-corrected chi connectivity index (χ4v) is 3.89. The van der Waals surface area contributed by atoms with Crippen LogP contribution in [0.4, 0.5) is 5.69 Å². The highest BCUT2D eigenvalue weighted by molar-refractivity contribution is 7.10. The monoisotopic (exact) mass is 340 g/mol. The molecule has 124 valence electrons. The van der Waals surface area contributed by atoms with Gasteiger partial charge in [0.2, 0.25) is 11.8 Å². The van der Waals surface area contributed by atoms with E-state index in [1.54, 1.807) is 11.3 Å². The van der Waals surface area contributed by atoms with Crippen molar-refractivity contribution in [2.75, 3.05) is 11.9 Å². The van der Waals surface area contributed by atoms with E-state index in [0.717, 1.165) is 41.9 Å². The third kappa shape index (κ3) is 3.36. The number of anilines is 1. The Morgan fingerprint density at radius 1 is 1.21 bits per heavy atom. The summed E-state index contributed by atoms with van der Waals surface area (Å²) in [6.45, 7) is 1.48. The highest BCUT2D eigenvalue weighted by Crippen LogP contribution is 2.33. The van der Waals surface area contributed by atoms with Gasteiger partial charge >= 0.3 is 0 Å². The van der Waals surface area contributed by atoms with Gasteiger partial charge in [-0.25, -0.2) is 0 Å². The van der Waals surface area contributed by atoms with Gasteiger partial charge in [0.05, 0.1) is 6.42 Å². The van der Waals surface area contributed by atoms with Crippen LogP contribution in [-0.2, 0) is 29.0 Å². The van der Waals surface area contributed by atoms with Crippen molar-refractivity contribution in [1.82, 2.24) is 4.90 Å². The Kier molecular flexibility index (Phi) is 4.10. The van der Waals surface area contributed by atoms with Crippen molar-refractivity contribution < 1.29 is 9.59 Å². The third-order valence-corrected chi connectivity index (χ3v) is 5.53. The van der Waals surface area contributed by atoms with Gasteiger partial charge in [-0.3, -0.25) is 9.59 Å². The van der Waals surface area contributed by atoms with Gasteiger partial charge in [0.1, 0.15) is 0 Å². The minimum atomic E-state index is -0.000813. The first-order valence-corrected chi connectivity index (χ1v) is 9.30. The Balaban J connectivity index is 1.43. The number of amides is 2. The minimum absolute atomic E-state index is 0.000813. The maximum absolute atomic E-state index is 12.3. The fourth-order valence-electron chi connectivity index (χ4n) is 3.19. The maximum atomic E-state index is 12.3.